The molecule has 3 N–H and O–H groups in total. The molecule has 9 heteroatoms. The van der Waals surface area contributed by atoms with E-state index in [-0.39, 0.29) is 11.4 Å². The van der Waals surface area contributed by atoms with Gasteiger partial charge in [-0.25, -0.2) is 4.79 Å². The largest absolute Gasteiger partial charge is 0.503 e. The number of aliphatic hydroxyl groups excluding tert-OH is 1. The Morgan fingerprint density at radius 2 is 1.83 bits per heavy atom. The van der Waals surface area contributed by atoms with E-state index in [0.29, 0.717) is 0 Å². The molecule has 0 heterocycles. The van der Waals surface area contributed by atoms with Crippen LogP contribution in [0, 0.1) is 0 Å². The van der Waals surface area contributed by atoms with Gasteiger partial charge in [0.05, 0.1) is 12.8 Å². The van der Waals surface area contributed by atoms with Crippen molar-refractivity contribution in [3.8, 4) is 11.5 Å². The number of alkyl halides is 3. The number of phenols is 1. The first kappa shape index (κ1) is 18.9. The number of nitrogens with one attached hydrogen (secondary N) is 1. The summed E-state index contributed by atoms with van der Waals surface area (Å²) in [7, 11) is 1.12. The van der Waals surface area contributed by atoms with Gasteiger partial charge in [-0.15, -0.1) is 0 Å². The molecule has 1 atom stereocenters. The fourth-order valence-corrected chi connectivity index (χ4v) is 1.64. The number of methoxy groups -OCH3 is 1. The number of anilines is 1. The second-order valence-corrected chi connectivity index (χ2v) is 5.69. The zero-order valence-electron chi connectivity index (χ0n) is 13.0. The van der Waals surface area contributed by atoms with Crippen molar-refractivity contribution >= 4 is 11.8 Å². The molecular weight excluding hydrogens is 319 g/mol. The number of hydrogen-bond acceptors (Lipinski definition) is 5. The first-order chi connectivity index (χ1) is 10.3. The lowest BCUT2D eigenvalue weighted by Crippen LogP contribution is -2.27. The van der Waals surface area contributed by atoms with Gasteiger partial charge in [0.1, 0.15) is 5.60 Å². The van der Waals surface area contributed by atoms with E-state index in [2.05, 4.69) is 5.32 Å². The highest BCUT2D eigenvalue weighted by Crippen LogP contribution is 2.41. The lowest BCUT2D eigenvalue weighted by atomic mass is 10.1. The van der Waals surface area contributed by atoms with Gasteiger partial charge in [0, 0.05) is 0 Å². The van der Waals surface area contributed by atoms with Crippen LogP contribution in [-0.2, 0) is 4.74 Å². The van der Waals surface area contributed by atoms with E-state index < -0.39 is 35.3 Å². The van der Waals surface area contributed by atoms with Crippen molar-refractivity contribution in [3.05, 3.63) is 17.7 Å². The minimum atomic E-state index is -4.91. The summed E-state index contributed by atoms with van der Waals surface area (Å²) < 4.78 is 47.6. The highest BCUT2D eigenvalue weighted by molar-refractivity contribution is 5.88. The third kappa shape index (κ3) is 5.20. The van der Waals surface area contributed by atoms with Gasteiger partial charge in [-0.2, -0.15) is 13.2 Å². The molecule has 6 nitrogen and oxygen atoms in total. The summed E-state index contributed by atoms with van der Waals surface area (Å²) >= 11 is 0. The number of carbonyl (C=O) groups excluding carboxylic acids is 1. The molecule has 0 radical (unpaired) electrons. The van der Waals surface area contributed by atoms with Crippen molar-refractivity contribution in [3.63, 3.8) is 0 Å². The Hall–Kier alpha value is -2.16. The summed E-state index contributed by atoms with van der Waals surface area (Å²) in [6, 6.07) is 1.62. The molecule has 0 aromatic heterocycles. The number of carbonyl (C=O) groups is 1. The number of aromatic hydroxyl groups is 1. The van der Waals surface area contributed by atoms with Gasteiger partial charge in [0.25, 0.3) is 0 Å². The van der Waals surface area contributed by atoms with Crippen molar-refractivity contribution in [1.82, 2.24) is 0 Å². The smallest absolute Gasteiger partial charge is 0.418 e. The van der Waals surface area contributed by atoms with Gasteiger partial charge in [-0.3, -0.25) is 5.32 Å². The summed E-state index contributed by atoms with van der Waals surface area (Å²) in [6.45, 7) is 4.78. The maximum atomic E-state index is 12.6. The lowest BCUT2D eigenvalue weighted by molar-refractivity contribution is -0.206. The van der Waals surface area contributed by atoms with E-state index in [1.54, 1.807) is 20.8 Å². The predicted octanol–water partition coefficient (Wildman–Crippen LogP) is 3.34. The van der Waals surface area contributed by atoms with Crippen LogP contribution >= 0.6 is 0 Å². The minimum absolute atomic E-state index is 0.336. The maximum absolute atomic E-state index is 12.6. The summed E-state index contributed by atoms with van der Waals surface area (Å²) in [5, 5.41) is 21.3. The van der Waals surface area contributed by atoms with E-state index in [4.69, 9.17) is 9.47 Å². The standard InChI is InChI=1S/C14H18F3NO5/c1-13(2,3)23-12(21)18-8-5-7(11(20)14(15,16)17)6-9(22-4)10(8)19/h5-6,11,19-20H,1-4H3,(H,18,21)/t11-/m1/s1. The quantitative estimate of drug-likeness (QED) is 0.736. The average molecular weight is 337 g/mol. The van der Waals surface area contributed by atoms with E-state index in [1.807, 2.05) is 0 Å². The van der Waals surface area contributed by atoms with Gasteiger partial charge in [0.2, 0.25) is 0 Å². The SMILES string of the molecule is COc1cc([C@@H](O)C(F)(F)F)cc(NC(=O)OC(C)(C)C)c1O. The molecule has 1 aromatic rings. The van der Waals surface area contributed by atoms with Crippen LogP contribution in [0.4, 0.5) is 23.7 Å². The number of amides is 1. The van der Waals surface area contributed by atoms with Crippen LogP contribution in [0.3, 0.4) is 0 Å². The Morgan fingerprint density at radius 1 is 1.26 bits per heavy atom. The monoisotopic (exact) mass is 337 g/mol. The van der Waals surface area contributed by atoms with Crippen molar-refractivity contribution < 1.29 is 37.7 Å². The maximum Gasteiger partial charge on any atom is 0.418 e. The van der Waals surface area contributed by atoms with Gasteiger partial charge >= 0.3 is 12.3 Å². The van der Waals surface area contributed by atoms with E-state index in [9.17, 15) is 28.2 Å². The predicted molar refractivity (Wildman–Crippen MR) is 75.5 cm³/mol. The summed E-state index contributed by atoms with van der Waals surface area (Å²) in [5.74, 6) is -0.923. The molecule has 23 heavy (non-hydrogen) atoms. The molecule has 1 rings (SSSR count). The molecule has 1 amide bonds. The molecule has 0 fully saturated rings. The first-order valence-electron chi connectivity index (χ1n) is 6.51. The Bertz CT molecular complexity index is 581. The number of halogens is 3. The molecule has 130 valence electrons. The van der Waals surface area contributed by atoms with Crippen molar-refractivity contribution in [1.29, 1.82) is 0 Å². The number of rotatable bonds is 3. The number of ether oxygens (including phenoxy) is 2. The van der Waals surface area contributed by atoms with E-state index in [1.165, 1.54) is 0 Å². The second-order valence-electron chi connectivity index (χ2n) is 5.69. The third-order valence-corrected chi connectivity index (χ3v) is 2.58. The van der Waals surface area contributed by atoms with Gasteiger partial charge in [-0.05, 0) is 38.5 Å². The Balaban J connectivity index is 3.19. The molecular formula is C14H18F3NO5. The Morgan fingerprint density at radius 3 is 2.26 bits per heavy atom. The van der Waals surface area contributed by atoms with Crippen LogP contribution in [0.1, 0.15) is 32.4 Å². The zero-order chi connectivity index (χ0) is 18.0. The minimum Gasteiger partial charge on any atom is -0.503 e. The highest BCUT2D eigenvalue weighted by Gasteiger charge is 2.40. The van der Waals surface area contributed by atoms with Crippen LogP contribution in [0.25, 0.3) is 0 Å². The third-order valence-electron chi connectivity index (χ3n) is 2.58. The Kier molecular flexibility index (Phi) is 5.36. The van der Waals surface area contributed by atoms with E-state index in [0.717, 1.165) is 19.2 Å². The van der Waals surface area contributed by atoms with Crippen LogP contribution in [0.2, 0.25) is 0 Å². The number of hydrogen-bond donors (Lipinski definition) is 3. The summed E-state index contributed by atoms with van der Waals surface area (Å²) in [4.78, 5) is 11.7. The summed E-state index contributed by atoms with van der Waals surface area (Å²) in [5.41, 5.74) is -1.82. The molecule has 0 saturated heterocycles. The molecule has 0 bridgehead atoms. The van der Waals surface area contributed by atoms with Crippen LogP contribution in [0.15, 0.2) is 12.1 Å². The fraction of sp³-hybridized carbons (Fsp3) is 0.500. The lowest BCUT2D eigenvalue weighted by Gasteiger charge is -2.21. The number of phenolic OH excluding ortho intramolecular Hbond substituents is 1. The molecule has 0 unspecified atom stereocenters. The molecule has 1 aromatic carbocycles. The number of benzene rings is 1. The number of aliphatic hydroxyl groups is 1. The molecule has 0 spiro atoms. The van der Waals surface area contributed by atoms with Crippen LogP contribution in [-0.4, -0.2) is 35.2 Å². The highest BCUT2D eigenvalue weighted by atomic mass is 19.4. The zero-order valence-corrected chi connectivity index (χ0v) is 13.0. The van der Waals surface area contributed by atoms with Gasteiger partial charge in [-0.1, -0.05) is 0 Å². The topological polar surface area (TPSA) is 88.0 Å². The summed E-state index contributed by atoms with van der Waals surface area (Å²) in [6.07, 6.45) is -8.68. The molecule has 0 aliphatic heterocycles. The normalized spacial score (nSPS) is 13.4. The molecule has 0 saturated carbocycles. The fourth-order valence-electron chi connectivity index (χ4n) is 1.64. The molecule has 0 aliphatic rings. The molecule has 0 aliphatic carbocycles. The van der Waals surface area contributed by atoms with Crippen LogP contribution < -0.4 is 10.1 Å². The van der Waals surface area contributed by atoms with E-state index >= 15 is 0 Å². The first-order valence-corrected chi connectivity index (χ1v) is 6.51. The van der Waals surface area contributed by atoms with Crippen molar-refractivity contribution in [2.45, 2.75) is 38.7 Å². The Labute approximate surface area is 130 Å². The van der Waals surface area contributed by atoms with Gasteiger partial charge < -0.3 is 19.7 Å². The van der Waals surface area contributed by atoms with Crippen molar-refractivity contribution in [2.75, 3.05) is 12.4 Å². The van der Waals surface area contributed by atoms with Crippen molar-refractivity contribution in [2.24, 2.45) is 0 Å². The second kappa shape index (κ2) is 6.53. The van der Waals surface area contributed by atoms with Crippen LogP contribution in [0.5, 0.6) is 11.5 Å². The van der Waals surface area contributed by atoms with Gasteiger partial charge in [0.15, 0.2) is 17.6 Å². The average Bonchev–Trinajstić information content (AvgIpc) is 2.37.